The average Bonchev–Trinajstić information content (AvgIpc) is 3.09. The molecule has 0 aliphatic carbocycles. The maximum atomic E-state index is 14.0. The minimum atomic E-state index is -2.91. The van der Waals surface area contributed by atoms with Crippen LogP contribution >= 0.6 is 11.6 Å². The van der Waals surface area contributed by atoms with Crippen LogP contribution in [0.25, 0.3) is 0 Å². The Morgan fingerprint density at radius 3 is 1.90 bits per heavy atom. The second kappa shape index (κ2) is 16.8. The Bertz CT molecular complexity index is 1750. The summed E-state index contributed by atoms with van der Waals surface area (Å²) in [6.45, 7) is 20.3. The molecule has 7 nitrogen and oxygen atoms in total. The molecule has 0 bridgehead atoms. The third-order valence-electron chi connectivity index (χ3n) is 10.0. The molecule has 9 heteroatoms. The summed E-state index contributed by atoms with van der Waals surface area (Å²) in [6.07, 6.45) is 3.23. The topological polar surface area (TPSA) is 89.5 Å². The number of halogens is 1. The van der Waals surface area contributed by atoms with Gasteiger partial charge in [-0.25, -0.2) is 14.6 Å². The lowest BCUT2D eigenvalue weighted by molar-refractivity contribution is 0.0600. The number of carbonyl (C=O) groups is 2. The summed E-state index contributed by atoms with van der Waals surface area (Å²) >= 11 is 7.04. The van der Waals surface area contributed by atoms with Crippen LogP contribution in [0.4, 0.5) is 10.6 Å². The molecule has 0 aliphatic heterocycles. The number of hydrogen-bond donors (Lipinski definition) is 2. The van der Waals surface area contributed by atoms with Crippen molar-refractivity contribution in [1.82, 2.24) is 10.3 Å². The van der Waals surface area contributed by atoms with E-state index in [-0.39, 0.29) is 22.3 Å². The summed E-state index contributed by atoms with van der Waals surface area (Å²) < 4.78 is 12.3. The Hall–Kier alpha value is -3.98. The molecule has 2 N–H and O–H groups in total. The molecule has 0 aliphatic rings. The molecule has 2 unspecified atom stereocenters. The van der Waals surface area contributed by atoms with Gasteiger partial charge in [0, 0.05) is 23.7 Å². The van der Waals surface area contributed by atoms with E-state index in [0.717, 1.165) is 24.0 Å². The third kappa shape index (κ3) is 9.51. The lowest BCUT2D eigenvalue weighted by Crippen LogP contribution is -2.67. The highest BCUT2D eigenvalue weighted by molar-refractivity contribution is 6.99. The van der Waals surface area contributed by atoms with Gasteiger partial charge in [0.2, 0.25) is 0 Å². The van der Waals surface area contributed by atoms with Crippen molar-refractivity contribution in [3.05, 3.63) is 119 Å². The number of nitrogens with zero attached hydrogens (tertiary/aromatic N) is 1. The molecule has 0 radical (unpaired) electrons. The zero-order chi connectivity index (χ0) is 38.3. The molecular formula is C43H56ClN3O4Si. The number of aryl methyl sites for hydroxylation is 1. The van der Waals surface area contributed by atoms with Crippen molar-refractivity contribution >= 4 is 48.1 Å². The molecule has 52 heavy (non-hydrogen) atoms. The van der Waals surface area contributed by atoms with Crippen molar-refractivity contribution in [2.24, 2.45) is 17.3 Å². The van der Waals surface area contributed by atoms with Crippen LogP contribution in [0.15, 0.2) is 97.2 Å². The number of benzene rings is 3. The van der Waals surface area contributed by atoms with Crippen LogP contribution in [0, 0.1) is 17.3 Å². The van der Waals surface area contributed by atoms with Crippen molar-refractivity contribution in [3.8, 4) is 0 Å². The van der Waals surface area contributed by atoms with Crippen molar-refractivity contribution in [3.63, 3.8) is 0 Å². The number of aromatic nitrogens is 1. The molecule has 3 aromatic carbocycles. The molecule has 4 aromatic rings. The molecule has 2 amide bonds. The van der Waals surface area contributed by atoms with Crippen LogP contribution in [0.5, 0.6) is 0 Å². The first-order valence-electron chi connectivity index (χ1n) is 18.1. The van der Waals surface area contributed by atoms with Gasteiger partial charge in [0.15, 0.2) is 0 Å². The van der Waals surface area contributed by atoms with Gasteiger partial charge in [-0.3, -0.25) is 5.32 Å². The Kier molecular flexibility index (Phi) is 13.2. The van der Waals surface area contributed by atoms with Crippen LogP contribution in [0.1, 0.15) is 90.2 Å². The lowest BCUT2D eigenvalue weighted by atomic mass is 9.74. The maximum Gasteiger partial charge on any atom is 0.339 e. The number of carbonyl (C=O) groups excluding carboxylic acids is 2. The Balaban J connectivity index is 1.79. The van der Waals surface area contributed by atoms with Gasteiger partial charge in [-0.05, 0) is 75.8 Å². The number of hydrogen-bond acceptors (Lipinski definition) is 5. The van der Waals surface area contributed by atoms with Crippen molar-refractivity contribution in [2.75, 3.05) is 19.0 Å². The van der Waals surface area contributed by atoms with E-state index in [0.29, 0.717) is 23.0 Å². The van der Waals surface area contributed by atoms with E-state index in [2.05, 4.69) is 139 Å². The first kappa shape index (κ1) is 40.8. The predicted molar refractivity (Wildman–Crippen MR) is 216 cm³/mol. The van der Waals surface area contributed by atoms with Gasteiger partial charge < -0.3 is 14.5 Å². The molecule has 1 heterocycles. The normalized spacial score (nSPS) is 14.0. The van der Waals surface area contributed by atoms with Crippen LogP contribution in [-0.2, 0) is 21.1 Å². The van der Waals surface area contributed by atoms with E-state index in [9.17, 15) is 9.59 Å². The number of amides is 2. The number of pyridine rings is 1. The molecule has 0 saturated carbocycles. The highest BCUT2D eigenvalue weighted by Gasteiger charge is 2.51. The van der Waals surface area contributed by atoms with E-state index in [1.807, 2.05) is 18.2 Å². The maximum absolute atomic E-state index is 14.0. The molecule has 0 fully saturated rings. The number of urea groups is 1. The smallest absolute Gasteiger partial charge is 0.339 e. The summed E-state index contributed by atoms with van der Waals surface area (Å²) in [6, 6.07) is 30.1. The Morgan fingerprint density at radius 2 is 1.44 bits per heavy atom. The van der Waals surface area contributed by atoms with E-state index in [4.69, 9.17) is 20.8 Å². The number of ether oxygens (including phenoxy) is 1. The minimum Gasteiger partial charge on any atom is -0.465 e. The van der Waals surface area contributed by atoms with E-state index < -0.39 is 25.9 Å². The highest BCUT2D eigenvalue weighted by Crippen LogP contribution is 2.41. The summed E-state index contributed by atoms with van der Waals surface area (Å²) in [5.41, 5.74) is 1.49. The predicted octanol–water partition coefficient (Wildman–Crippen LogP) is 9.39. The van der Waals surface area contributed by atoms with Gasteiger partial charge in [0.25, 0.3) is 8.32 Å². The monoisotopic (exact) mass is 741 g/mol. The zero-order valence-corrected chi connectivity index (χ0v) is 34.2. The zero-order valence-electron chi connectivity index (χ0n) is 32.5. The van der Waals surface area contributed by atoms with Gasteiger partial charge in [-0.2, -0.15) is 0 Å². The third-order valence-corrected chi connectivity index (χ3v) is 15.4. The summed E-state index contributed by atoms with van der Waals surface area (Å²) in [5.74, 6) is -0.307. The quantitative estimate of drug-likeness (QED) is 0.105. The average molecular weight is 742 g/mol. The first-order valence-corrected chi connectivity index (χ1v) is 20.4. The van der Waals surface area contributed by atoms with E-state index in [1.54, 1.807) is 12.1 Å². The summed E-state index contributed by atoms with van der Waals surface area (Å²) in [7, 11) is -1.59. The van der Waals surface area contributed by atoms with Gasteiger partial charge in [0.1, 0.15) is 5.82 Å². The number of methoxy groups -OCH3 is 1. The fourth-order valence-electron chi connectivity index (χ4n) is 7.05. The van der Waals surface area contributed by atoms with Gasteiger partial charge in [0.05, 0.1) is 18.2 Å². The van der Waals surface area contributed by atoms with E-state index in [1.165, 1.54) is 23.7 Å². The molecule has 4 rings (SSSR count). The first-order chi connectivity index (χ1) is 24.4. The van der Waals surface area contributed by atoms with Crippen LogP contribution in [0.3, 0.4) is 0 Å². The molecule has 0 spiro atoms. The molecule has 278 valence electrons. The fraction of sp³-hybridized carbons (Fsp3) is 0.419. The minimum absolute atomic E-state index is 0.0836. The SMILES string of the molecule is COC(=O)c1ccc(NC(=O)NC(C)(c2ccc(CCC(C)(C)C)c(Cl)c2)C(CO[Si](c2ccccc2)(c2ccccc2)C(C)(C)C)C(C)C)nc1. The van der Waals surface area contributed by atoms with Gasteiger partial charge in [-0.15, -0.1) is 0 Å². The highest BCUT2D eigenvalue weighted by atomic mass is 35.5. The molecule has 2 atom stereocenters. The number of anilines is 1. The Labute approximate surface area is 317 Å². The van der Waals surface area contributed by atoms with Crippen molar-refractivity contribution < 1.29 is 18.8 Å². The number of esters is 1. The van der Waals surface area contributed by atoms with Crippen LogP contribution in [-0.4, -0.2) is 39.0 Å². The summed E-state index contributed by atoms with van der Waals surface area (Å²) in [4.78, 5) is 30.2. The second-order valence-corrected chi connectivity index (χ2v) is 21.1. The lowest BCUT2D eigenvalue weighted by Gasteiger charge is -2.47. The van der Waals surface area contributed by atoms with Crippen molar-refractivity contribution in [1.29, 1.82) is 0 Å². The van der Waals surface area contributed by atoms with Gasteiger partial charge in [-0.1, -0.05) is 140 Å². The van der Waals surface area contributed by atoms with Gasteiger partial charge >= 0.3 is 12.0 Å². The van der Waals surface area contributed by atoms with Crippen LogP contribution in [0.2, 0.25) is 10.1 Å². The number of nitrogens with one attached hydrogen (secondary N) is 2. The molecule has 1 aromatic heterocycles. The largest absolute Gasteiger partial charge is 0.465 e. The standard InChI is InChI=1S/C43H56ClN3O4Si/c1-30(2)36(29-51-52(42(6,7)8,34-17-13-11-14-18-34)35-19-15-12-16-20-35)43(9,33-23-21-31(37(44)27-33)25-26-41(3,4)5)47-40(49)46-38-24-22-32(28-45-38)39(48)50-10/h11-24,27-28,30,36H,25-26,29H2,1-10H3,(H2,45,46,47,49). The van der Waals surface area contributed by atoms with Crippen LogP contribution < -0.4 is 21.0 Å². The van der Waals surface area contributed by atoms with Crippen molar-refractivity contribution in [2.45, 2.75) is 85.7 Å². The second-order valence-electron chi connectivity index (χ2n) is 16.4. The molecular weight excluding hydrogens is 686 g/mol. The summed E-state index contributed by atoms with van der Waals surface area (Å²) in [5, 5.41) is 9.05. The number of rotatable bonds is 13. The van der Waals surface area contributed by atoms with E-state index >= 15 is 0 Å². The fourth-order valence-corrected chi connectivity index (χ4v) is 11.9. The Morgan fingerprint density at radius 1 is 0.846 bits per heavy atom. The molecule has 0 saturated heterocycles.